The van der Waals surface area contributed by atoms with E-state index in [0.717, 1.165) is 6.42 Å². The second-order valence-electron chi connectivity index (χ2n) is 5.84. The summed E-state index contributed by atoms with van der Waals surface area (Å²) in [5.74, 6) is 0.282. The molecule has 140 valence electrons. The van der Waals surface area contributed by atoms with Gasteiger partial charge in [0.05, 0.1) is 22.8 Å². The Bertz CT molecular complexity index is 848. The van der Waals surface area contributed by atoms with Crippen LogP contribution in [-0.4, -0.2) is 27.0 Å². The second kappa shape index (κ2) is 8.71. The fourth-order valence-electron chi connectivity index (χ4n) is 2.26. The monoisotopic (exact) mass is 376 g/mol. The molecule has 0 spiro atoms. The van der Waals surface area contributed by atoms with Crippen LogP contribution in [0.2, 0.25) is 0 Å². The van der Waals surface area contributed by atoms with E-state index in [1.807, 2.05) is 20.8 Å². The summed E-state index contributed by atoms with van der Waals surface area (Å²) >= 11 is 0. The Balaban J connectivity index is 2.25. The number of carbonyl (C=O) groups excluding carboxylic acids is 1. The average molecular weight is 376 g/mol. The third-order valence-corrected chi connectivity index (χ3v) is 5.23. The summed E-state index contributed by atoms with van der Waals surface area (Å²) in [5.41, 5.74) is 0.518. The number of hydrogen-bond donors (Lipinski definition) is 2. The van der Waals surface area contributed by atoms with E-state index in [1.54, 1.807) is 36.4 Å². The molecule has 2 aromatic rings. The molecule has 1 unspecified atom stereocenters. The molecule has 0 bridgehead atoms. The largest absolute Gasteiger partial charge is 0.494 e. The van der Waals surface area contributed by atoms with Crippen molar-refractivity contribution in [2.45, 2.75) is 38.1 Å². The second-order valence-corrected chi connectivity index (χ2v) is 7.52. The first-order valence-electron chi connectivity index (χ1n) is 8.53. The van der Waals surface area contributed by atoms with Gasteiger partial charge in [0.2, 0.25) is 0 Å². The summed E-state index contributed by atoms with van der Waals surface area (Å²) in [6.07, 6.45) is 0.784. The van der Waals surface area contributed by atoms with Gasteiger partial charge in [0, 0.05) is 6.04 Å². The summed E-state index contributed by atoms with van der Waals surface area (Å²) in [7, 11) is -3.82. The van der Waals surface area contributed by atoms with Crippen LogP contribution in [-0.2, 0) is 10.0 Å². The minimum Gasteiger partial charge on any atom is -0.494 e. The maximum atomic E-state index is 12.6. The van der Waals surface area contributed by atoms with E-state index in [2.05, 4.69) is 10.0 Å². The molecule has 0 aliphatic rings. The summed E-state index contributed by atoms with van der Waals surface area (Å²) in [5, 5.41) is 2.84. The lowest BCUT2D eigenvalue weighted by Gasteiger charge is -2.15. The van der Waals surface area contributed by atoms with E-state index in [4.69, 9.17) is 4.74 Å². The molecular formula is C19H24N2O4S. The van der Waals surface area contributed by atoms with E-state index in [0.29, 0.717) is 12.4 Å². The summed E-state index contributed by atoms with van der Waals surface area (Å²) in [6, 6.07) is 12.7. The highest BCUT2D eigenvalue weighted by Crippen LogP contribution is 2.22. The van der Waals surface area contributed by atoms with Gasteiger partial charge in [-0.2, -0.15) is 0 Å². The first-order valence-corrected chi connectivity index (χ1v) is 10.0. The normalized spacial score (nSPS) is 12.3. The maximum Gasteiger partial charge on any atom is 0.261 e. The number of nitrogens with one attached hydrogen (secondary N) is 2. The first kappa shape index (κ1) is 19.8. The molecule has 0 heterocycles. The van der Waals surface area contributed by atoms with Crippen molar-refractivity contribution < 1.29 is 17.9 Å². The SMILES string of the molecule is CCOc1ccc(S(=O)(=O)Nc2ccccc2C(=O)NC(C)CC)cc1. The van der Waals surface area contributed by atoms with Crippen molar-refractivity contribution in [3.8, 4) is 5.75 Å². The van der Waals surface area contributed by atoms with E-state index in [1.165, 1.54) is 12.1 Å². The van der Waals surface area contributed by atoms with Crippen LogP contribution < -0.4 is 14.8 Å². The fraction of sp³-hybridized carbons (Fsp3) is 0.316. The van der Waals surface area contributed by atoms with Crippen LogP contribution in [0.15, 0.2) is 53.4 Å². The predicted molar refractivity (Wildman–Crippen MR) is 102 cm³/mol. The van der Waals surface area contributed by atoms with Crippen molar-refractivity contribution in [3.05, 3.63) is 54.1 Å². The smallest absolute Gasteiger partial charge is 0.261 e. The van der Waals surface area contributed by atoms with Crippen molar-refractivity contribution in [1.29, 1.82) is 0 Å². The summed E-state index contributed by atoms with van der Waals surface area (Å²) < 4.78 is 33.1. The van der Waals surface area contributed by atoms with Crippen molar-refractivity contribution in [1.82, 2.24) is 5.32 Å². The number of ether oxygens (including phenoxy) is 1. The van der Waals surface area contributed by atoms with Crippen LogP contribution >= 0.6 is 0 Å². The zero-order valence-corrected chi connectivity index (χ0v) is 16.0. The van der Waals surface area contributed by atoms with Crippen molar-refractivity contribution in [3.63, 3.8) is 0 Å². The topological polar surface area (TPSA) is 84.5 Å². The molecule has 1 atom stereocenters. The van der Waals surface area contributed by atoms with E-state index >= 15 is 0 Å². The maximum absolute atomic E-state index is 12.6. The molecule has 0 saturated carbocycles. The Morgan fingerprint density at radius 1 is 1.08 bits per heavy atom. The number of para-hydroxylation sites is 1. The van der Waals surface area contributed by atoms with E-state index in [-0.39, 0.29) is 28.1 Å². The number of anilines is 1. The molecule has 2 aromatic carbocycles. The molecule has 6 nitrogen and oxygen atoms in total. The van der Waals surface area contributed by atoms with Gasteiger partial charge in [-0.1, -0.05) is 19.1 Å². The van der Waals surface area contributed by atoms with Gasteiger partial charge in [0.25, 0.3) is 15.9 Å². The molecule has 0 aliphatic heterocycles. The molecule has 0 aliphatic carbocycles. The number of hydrogen-bond acceptors (Lipinski definition) is 4. The van der Waals surface area contributed by atoms with Crippen LogP contribution in [0.3, 0.4) is 0 Å². The van der Waals surface area contributed by atoms with Gasteiger partial charge in [0.15, 0.2) is 0 Å². The summed E-state index contributed by atoms with van der Waals surface area (Å²) in [4.78, 5) is 12.5. The number of sulfonamides is 1. The van der Waals surface area contributed by atoms with E-state index < -0.39 is 10.0 Å². The highest BCUT2D eigenvalue weighted by molar-refractivity contribution is 7.92. The minimum absolute atomic E-state index is 0.00160. The Kier molecular flexibility index (Phi) is 6.63. The lowest BCUT2D eigenvalue weighted by Crippen LogP contribution is -2.32. The van der Waals surface area contributed by atoms with Crippen LogP contribution in [0.25, 0.3) is 0 Å². The van der Waals surface area contributed by atoms with Gasteiger partial charge in [-0.05, 0) is 56.7 Å². The van der Waals surface area contributed by atoms with Crippen LogP contribution in [0.5, 0.6) is 5.75 Å². The molecule has 0 aromatic heterocycles. The molecule has 0 radical (unpaired) electrons. The number of benzene rings is 2. The Morgan fingerprint density at radius 3 is 2.35 bits per heavy atom. The van der Waals surface area contributed by atoms with Gasteiger partial charge in [-0.25, -0.2) is 8.42 Å². The highest BCUT2D eigenvalue weighted by atomic mass is 32.2. The Morgan fingerprint density at radius 2 is 1.73 bits per heavy atom. The standard InChI is InChI=1S/C19H24N2O4S/c1-4-14(3)20-19(22)17-8-6-7-9-18(17)21-26(23,24)16-12-10-15(11-13-16)25-5-2/h6-14,21H,4-5H2,1-3H3,(H,20,22). The number of amides is 1. The van der Waals surface area contributed by atoms with Gasteiger partial charge in [-0.3, -0.25) is 9.52 Å². The zero-order valence-electron chi connectivity index (χ0n) is 15.2. The molecule has 0 saturated heterocycles. The highest BCUT2D eigenvalue weighted by Gasteiger charge is 2.19. The average Bonchev–Trinajstić information content (AvgIpc) is 2.62. The Labute approximate surface area is 154 Å². The third kappa shape index (κ3) is 4.98. The molecule has 1 amide bonds. The van der Waals surface area contributed by atoms with Gasteiger partial charge in [0.1, 0.15) is 5.75 Å². The van der Waals surface area contributed by atoms with Crippen LogP contribution in [0.4, 0.5) is 5.69 Å². The van der Waals surface area contributed by atoms with Gasteiger partial charge < -0.3 is 10.1 Å². The fourth-order valence-corrected chi connectivity index (χ4v) is 3.34. The number of rotatable bonds is 8. The van der Waals surface area contributed by atoms with E-state index in [9.17, 15) is 13.2 Å². The van der Waals surface area contributed by atoms with Crippen molar-refractivity contribution >= 4 is 21.6 Å². The minimum atomic E-state index is -3.82. The van der Waals surface area contributed by atoms with Crippen molar-refractivity contribution in [2.75, 3.05) is 11.3 Å². The molecule has 26 heavy (non-hydrogen) atoms. The lowest BCUT2D eigenvalue weighted by atomic mass is 10.1. The van der Waals surface area contributed by atoms with Crippen molar-refractivity contribution in [2.24, 2.45) is 0 Å². The molecule has 0 fully saturated rings. The molecule has 2 rings (SSSR count). The Hall–Kier alpha value is -2.54. The van der Waals surface area contributed by atoms with Crippen LogP contribution in [0, 0.1) is 0 Å². The van der Waals surface area contributed by atoms with Gasteiger partial charge >= 0.3 is 0 Å². The molecule has 7 heteroatoms. The summed E-state index contributed by atoms with van der Waals surface area (Å²) in [6.45, 7) is 6.21. The zero-order chi connectivity index (χ0) is 19.2. The number of carbonyl (C=O) groups is 1. The predicted octanol–water partition coefficient (Wildman–Crippen LogP) is 3.41. The lowest BCUT2D eigenvalue weighted by molar-refractivity contribution is 0.0940. The van der Waals surface area contributed by atoms with Gasteiger partial charge in [-0.15, -0.1) is 0 Å². The first-order chi connectivity index (χ1) is 12.4. The third-order valence-electron chi connectivity index (χ3n) is 3.85. The molecular weight excluding hydrogens is 352 g/mol. The van der Waals surface area contributed by atoms with Crippen LogP contribution in [0.1, 0.15) is 37.6 Å². The molecule has 2 N–H and O–H groups in total. The quantitative estimate of drug-likeness (QED) is 0.739.